The van der Waals surface area contributed by atoms with E-state index in [-0.39, 0.29) is 70.3 Å². The Morgan fingerprint density at radius 2 is 2.50 bits per heavy atom. The van der Waals surface area contributed by atoms with E-state index >= 15 is 0 Å². The van der Waals surface area contributed by atoms with Crippen LogP contribution in [0.3, 0.4) is 0 Å². The smallest absolute Gasteiger partial charge is 1.00 e. The van der Waals surface area contributed by atoms with Gasteiger partial charge in [-0.1, -0.05) is 5.21 Å². The first-order valence-electron chi connectivity index (χ1n) is 1.16. The van der Waals surface area contributed by atoms with Crippen molar-refractivity contribution in [1.82, 2.24) is 20.6 Å². The second-order valence-corrected chi connectivity index (χ2v) is 0.560. The van der Waals surface area contributed by atoms with Crippen LogP contribution in [0.15, 0.2) is 6.33 Å². The maximum atomic E-state index is 3.38. The molecule has 0 amide bonds. The molecule has 0 unspecified atom stereocenters. The van der Waals surface area contributed by atoms with Crippen molar-refractivity contribution in [3.8, 4) is 0 Å². The Labute approximate surface area is 95.0 Å². The van der Waals surface area contributed by atoms with Gasteiger partial charge in [-0.2, -0.15) is 5.21 Å². The van der Waals surface area contributed by atoms with Gasteiger partial charge in [0.15, 0.2) is 6.33 Å². The molecule has 0 aliphatic carbocycles. The Morgan fingerprint density at radius 1 is 1.67 bits per heavy atom. The second-order valence-electron chi connectivity index (χ2n) is 0.560. The predicted octanol–water partition coefficient (Wildman–Crippen LogP) is -3.68. The van der Waals surface area contributed by atoms with Crippen LogP contribution >= 0.6 is 0 Å². The summed E-state index contributed by atoms with van der Waals surface area (Å²) in [5.41, 5.74) is 0. The molecule has 1 heterocycles. The van der Waals surface area contributed by atoms with E-state index in [1.807, 2.05) is 0 Å². The zero-order valence-electron chi connectivity index (χ0n) is 4.42. The fourth-order valence-electron chi connectivity index (χ4n) is 0.129. The fraction of sp³-hybridized carbons (Fsp3) is 0. The van der Waals surface area contributed by atoms with Crippen LogP contribution in [0, 0.1) is 0 Å². The van der Waals surface area contributed by atoms with E-state index in [1.54, 1.807) is 0 Å². The van der Waals surface area contributed by atoms with Crippen molar-refractivity contribution >= 4 is 0 Å². The second kappa shape index (κ2) is 4.29. The number of aromatic nitrogens is 4. The maximum Gasteiger partial charge on any atom is 1.00 e. The molecule has 0 saturated heterocycles. The van der Waals surface area contributed by atoms with E-state index in [0.29, 0.717) is 0 Å². The van der Waals surface area contributed by atoms with Gasteiger partial charge in [0.25, 0.3) is 0 Å². The summed E-state index contributed by atoms with van der Waals surface area (Å²) in [6.45, 7) is 0. The molecule has 4 nitrogen and oxygen atoms in total. The first-order valence-corrected chi connectivity index (χ1v) is 1.16. The molecule has 0 atom stereocenters. The Balaban J connectivity index is 0. The average molecular weight is 204 g/mol. The van der Waals surface area contributed by atoms with Crippen molar-refractivity contribution in [1.29, 1.82) is 0 Å². The molecule has 1 aromatic heterocycles. The van der Waals surface area contributed by atoms with E-state index in [0.717, 1.165) is 0 Å². The molecule has 0 radical (unpaired) electrons. The van der Waals surface area contributed by atoms with Crippen LogP contribution in [-0.4, -0.2) is 20.6 Å². The number of nitrogens with one attached hydrogen (secondary N) is 1. The fourth-order valence-corrected chi connectivity index (χ4v) is 0.129. The first-order chi connectivity index (χ1) is 2.50. The van der Waals surface area contributed by atoms with Crippen LogP contribution in [0.5, 0.6) is 0 Å². The third kappa shape index (κ3) is 2.32. The Morgan fingerprint density at radius 3 is 2.67 bits per heavy atom. The van der Waals surface area contributed by atoms with Crippen LogP contribution in [0.1, 0.15) is 1.43 Å². The van der Waals surface area contributed by atoms with Crippen molar-refractivity contribution in [3.63, 3.8) is 0 Å². The van der Waals surface area contributed by atoms with E-state index in [1.165, 1.54) is 6.33 Å². The van der Waals surface area contributed by atoms with Crippen molar-refractivity contribution < 1.29 is 70.3 Å². The number of hydrogen-bond donors (Lipinski definition) is 1. The van der Waals surface area contributed by atoms with Gasteiger partial charge in [0.2, 0.25) is 0 Å². The molecule has 0 aliphatic heterocycles. The minimum absolute atomic E-state index is 0. The molecule has 6 heavy (non-hydrogen) atoms. The number of tetrazole rings is 1. The number of nitrogens with zero attached hydrogens (tertiary/aromatic N) is 3. The Bertz CT molecular complexity index is 68.2. The minimum Gasteiger partial charge on any atom is -1.00 e. The summed E-state index contributed by atoms with van der Waals surface area (Å²) < 4.78 is 0. The van der Waals surface area contributed by atoms with Gasteiger partial charge in [0.1, 0.15) is 0 Å². The topological polar surface area (TPSA) is 54.5 Å². The monoisotopic (exact) mass is 204 g/mol. The molecule has 0 fully saturated rings. The van der Waals surface area contributed by atoms with Crippen molar-refractivity contribution in [2.45, 2.75) is 0 Å². The summed E-state index contributed by atoms with van der Waals surface area (Å²) in [7, 11) is 0. The van der Waals surface area contributed by atoms with Gasteiger partial charge in [-0.3, -0.25) is 0 Å². The molecule has 0 saturated carbocycles. The zero-order valence-corrected chi connectivity index (χ0v) is 9.70. The zero-order chi connectivity index (χ0) is 3.54. The van der Waals surface area contributed by atoms with Gasteiger partial charge < -0.3 is 1.43 Å². The number of rotatable bonds is 0. The third-order valence-electron chi connectivity index (χ3n) is 0.270. The number of H-pyrrole nitrogens is 1. The Kier molecular flexibility index (Phi) is 5.09. The Hall–Kier alpha value is 1.12. The molecule has 1 N–H and O–H groups in total. The molecule has 0 aromatic carbocycles. The molecule has 0 spiro atoms. The van der Waals surface area contributed by atoms with Crippen LogP contribution in [0.2, 0.25) is 0 Å². The maximum absolute atomic E-state index is 3.38. The van der Waals surface area contributed by atoms with E-state index in [4.69, 9.17) is 0 Å². The predicted molar refractivity (Wildman–Crippen MR) is 15.3 cm³/mol. The molecule has 1 aromatic rings. The molecule has 0 aliphatic rings. The summed E-state index contributed by atoms with van der Waals surface area (Å²) in [4.78, 5) is 0. The van der Waals surface area contributed by atoms with Gasteiger partial charge in [0, 0.05) is 0 Å². The summed E-state index contributed by atoms with van der Waals surface area (Å²) in [5.74, 6) is 0. The summed E-state index contributed by atoms with van der Waals surface area (Å²) in [6, 6.07) is 0. The van der Waals surface area contributed by atoms with Gasteiger partial charge in [-0.15, -0.1) is 10.2 Å². The van der Waals surface area contributed by atoms with Crippen LogP contribution in [-0.2, 0) is 0 Å². The standard InChI is InChI=1S/CH2N4.Cs.H/c1-2-4-5-3-1;;/h1H,(H,2,3,4,5);;/q;+1;-1. The average Bonchev–Trinajstić information content (AvgIpc) is 1.76. The number of hydrogen-bond acceptors (Lipinski definition) is 3. The van der Waals surface area contributed by atoms with Crippen molar-refractivity contribution in [3.05, 3.63) is 6.33 Å². The van der Waals surface area contributed by atoms with Crippen molar-refractivity contribution in [2.75, 3.05) is 0 Å². The third-order valence-corrected chi connectivity index (χ3v) is 0.270. The van der Waals surface area contributed by atoms with E-state index < -0.39 is 0 Å². The summed E-state index contributed by atoms with van der Waals surface area (Å²) in [5, 5.41) is 12.2. The van der Waals surface area contributed by atoms with E-state index in [9.17, 15) is 0 Å². The van der Waals surface area contributed by atoms with Crippen LogP contribution < -0.4 is 68.9 Å². The summed E-state index contributed by atoms with van der Waals surface area (Å²) in [6.07, 6.45) is 1.33. The molecular weight excluding hydrogens is 201 g/mol. The van der Waals surface area contributed by atoms with Crippen molar-refractivity contribution in [2.24, 2.45) is 0 Å². The van der Waals surface area contributed by atoms with Gasteiger partial charge in [0.05, 0.1) is 0 Å². The van der Waals surface area contributed by atoms with Gasteiger partial charge in [-0.05, 0) is 0 Å². The largest absolute Gasteiger partial charge is 1.00 e. The number of aromatic amines is 1. The quantitative estimate of drug-likeness (QED) is 0.473. The molecule has 5 heteroatoms. The SMILES string of the molecule is [Cs+].[H-].c1nn[nH]n1. The van der Waals surface area contributed by atoms with E-state index in [2.05, 4.69) is 20.6 Å². The van der Waals surface area contributed by atoms with Gasteiger partial charge >= 0.3 is 68.9 Å². The first kappa shape index (κ1) is 7.12. The van der Waals surface area contributed by atoms with Crippen LogP contribution in [0.25, 0.3) is 0 Å². The van der Waals surface area contributed by atoms with Gasteiger partial charge in [-0.25, -0.2) is 0 Å². The molecule has 1 rings (SSSR count). The molecule has 28 valence electrons. The molecule has 0 bridgehead atoms. The normalized spacial score (nSPS) is 6.67. The molecular formula is CH3CsN4. The van der Waals surface area contributed by atoms with Crippen LogP contribution in [0.4, 0.5) is 0 Å². The summed E-state index contributed by atoms with van der Waals surface area (Å²) >= 11 is 0. The minimum atomic E-state index is 0.